The van der Waals surface area contributed by atoms with Crippen molar-refractivity contribution in [1.82, 2.24) is 14.9 Å². The van der Waals surface area contributed by atoms with E-state index in [9.17, 15) is 15.2 Å². The highest BCUT2D eigenvalue weighted by atomic mass is 35.5. The average molecular weight is 492 g/mol. The van der Waals surface area contributed by atoms with E-state index in [1.54, 1.807) is 30.5 Å². The van der Waals surface area contributed by atoms with Gasteiger partial charge in [-0.15, -0.1) is 0 Å². The van der Waals surface area contributed by atoms with Crippen molar-refractivity contribution in [1.29, 1.82) is 0 Å². The van der Waals surface area contributed by atoms with Crippen molar-refractivity contribution >= 4 is 40.3 Å². The summed E-state index contributed by atoms with van der Waals surface area (Å²) in [6.07, 6.45) is 3.59. The van der Waals surface area contributed by atoms with Crippen LogP contribution >= 0.6 is 23.8 Å². The minimum atomic E-state index is -0.430. The molecule has 10 heteroatoms. The molecule has 0 radical (unpaired) electrons. The van der Waals surface area contributed by atoms with Gasteiger partial charge in [0.2, 0.25) is 0 Å². The molecule has 1 aliphatic heterocycles. The molecule has 0 aliphatic carbocycles. The van der Waals surface area contributed by atoms with Crippen LogP contribution in [0.3, 0.4) is 0 Å². The standard InChI is InChI=1S/C24H18ClN5O3S/c25-15-6-11-21(31)20(14-15)29-23(22(27-24(29)34)18-4-1-2-12-26-18)19-5-3-13-28(19)16-7-9-17(10-8-16)30(32)33/h1-14,22-23,31H,(H,27,34)/t22-,23-/m1/s1. The third kappa shape index (κ3) is 3.85. The number of hydrogen-bond donors (Lipinski definition) is 2. The number of non-ortho nitro benzene ring substituents is 1. The first-order chi connectivity index (χ1) is 16.4. The molecular weight excluding hydrogens is 474 g/mol. The van der Waals surface area contributed by atoms with Crippen LogP contribution in [0.15, 0.2) is 85.2 Å². The van der Waals surface area contributed by atoms with Crippen molar-refractivity contribution in [3.8, 4) is 11.4 Å². The summed E-state index contributed by atoms with van der Waals surface area (Å²) in [5, 5.41) is 26.0. The van der Waals surface area contributed by atoms with E-state index in [2.05, 4.69) is 10.3 Å². The lowest BCUT2D eigenvalue weighted by molar-refractivity contribution is -0.384. The Kier molecular flexibility index (Phi) is 5.64. The fourth-order valence-electron chi connectivity index (χ4n) is 4.21. The number of anilines is 1. The second-order valence-electron chi connectivity index (χ2n) is 7.71. The summed E-state index contributed by atoms with van der Waals surface area (Å²) in [7, 11) is 0. The number of nitro benzene ring substituents is 1. The van der Waals surface area contributed by atoms with Gasteiger partial charge in [-0.3, -0.25) is 15.1 Å². The third-order valence-electron chi connectivity index (χ3n) is 5.72. The van der Waals surface area contributed by atoms with Gasteiger partial charge in [-0.2, -0.15) is 0 Å². The summed E-state index contributed by atoms with van der Waals surface area (Å²) in [5.74, 6) is 0.0358. The first-order valence-corrected chi connectivity index (χ1v) is 11.1. The number of hydrogen-bond acceptors (Lipinski definition) is 5. The Balaban J connectivity index is 1.67. The Morgan fingerprint density at radius 3 is 2.59 bits per heavy atom. The van der Waals surface area contributed by atoms with Gasteiger partial charge in [0, 0.05) is 40.9 Å². The highest BCUT2D eigenvalue weighted by Crippen LogP contribution is 2.45. The van der Waals surface area contributed by atoms with Crippen molar-refractivity contribution in [2.75, 3.05) is 4.90 Å². The van der Waals surface area contributed by atoms with Gasteiger partial charge in [-0.1, -0.05) is 17.7 Å². The fraction of sp³-hybridized carbons (Fsp3) is 0.0833. The molecule has 34 heavy (non-hydrogen) atoms. The number of thiocarbonyl (C=S) groups is 1. The number of phenolic OH excluding ortho intramolecular Hbond substituents is 1. The lowest BCUT2D eigenvalue weighted by Crippen LogP contribution is -2.30. The summed E-state index contributed by atoms with van der Waals surface area (Å²) in [5.41, 5.74) is 2.84. The molecule has 3 heterocycles. The van der Waals surface area contributed by atoms with Crippen LogP contribution in [0, 0.1) is 10.1 Å². The van der Waals surface area contributed by atoms with Crippen LogP contribution in [-0.2, 0) is 0 Å². The molecule has 4 aromatic rings. The third-order valence-corrected chi connectivity index (χ3v) is 6.27. The Hall–Kier alpha value is -3.95. The van der Waals surface area contributed by atoms with Gasteiger partial charge < -0.3 is 19.9 Å². The Morgan fingerprint density at radius 2 is 1.88 bits per heavy atom. The van der Waals surface area contributed by atoms with Crippen LogP contribution in [0.4, 0.5) is 11.4 Å². The maximum absolute atomic E-state index is 11.1. The number of benzene rings is 2. The van der Waals surface area contributed by atoms with Gasteiger partial charge in [0.05, 0.1) is 22.3 Å². The summed E-state index contributed by atoms with van der Waals surface area (Å²) in [6, 6.07) is 19.9. The van der Waals surface area contributed by atoms with Crippen LogP contribution in [0.2, 0.25) is 5.02 Å². The van der Waals surface area contributed by atoms with Crippen molar-refractivity contribution in [2.45, 2.75) is 12.1 Å². The molecule has 2 atom stereocenters. The molecule has 170 valence electrons. The molecule has 0 amide bonds. The van der Waals surface area contributed by atoms with Gasteiger partial charge in [0.15, 0.2) is 5.11 Å². The smallest absolute Gasteiger partial charge is 0.269 e. The molecule has 5 rings (SSSR count). The summed E-state index contributed by atoms with van der Waals surface area (Å²) in [6.45, 7) is 0. The fourth-order valence-corrected chi connectivity index (χ4v) is 4.71. The van der Waals surface area contributed by atoms with Crippen LogP contribution in [0.25, 0.3) is 5.69 Å². The second kappa shape index (κ2) is 8.77. The Labute approximate surface area is 205 Å². The van der Waals surface area contributed by atoms with E-state index in [0.29, 0.717) is 15.8 Å². The molecular formula is C24H18ClN5O3S. The van der Waals surface area contributed by atoms with E-state index >= 15 is 0 Å². The average Bonchev–Trinajstić information content (AvgIpc) is 3.45. The Morgan fingerprint density at radius 1 is 1.09 bits per heavy atom. The number of nitro groups is 1. The predicted molar refractivity (Wildman–Crippen MR) is 133 cm³/mol. The van der Waals surface area contributed by atoms with Crippen LogP contribution in [0.5, 0.6) is 5.75 Å². The van der Waals surface area contributed by atoms with Gasteiger partial charge in [-0.05, 0) is 66.8 Å². The number of rotatable bonds is 5. The first kappa shape index (κ1) is 21.9. The number of pyridine rings is 1. The molecule has 1 fully saturated rings. The van der Waals surface area contributed by atoms with Gasteiger partial charge in [0.1, 0.15) is 11.8 Å². The van der Waals surface area contributed by atoms with E-state index in [1.165, 1.54) is 18.2 Å². The highest BCUT2D eigenvalue weighted by molar-refractivity contribution is 7.80. The second-order valence-corrected chi connectivity index (χ2v) is 8.53. The zero-order chi connectivity index (χ0) is 23.8. The molecule has 2 aromatic carbocycles. The lowest BCUT2D eigenvalue weighted by atomic mass is 10.0. The Bertz CT molecular complexity index is 1380. The monoisotopic (exact) mass is 491 g/mol. The van der Waals surface area contributed by atoms with Crippen molar-refractivity contribution < 1.29 is 10.0 Å². The van der Waals surface area contributed by atoms with E-state index in [0.717, 1.165) is 17.1 Å². The predicted octanol–water partition coefficient (Wildman–Crippen LogP) is 5.32. The van der Waals surface area contributed by atoms with E-state index in [-0.39, 0.29) is 17.5 Å². The van der Waals surface area contributed by atoms with Gasteiger partial charge >= 0.3 is 0 Å². The molecule has 1 saturated heterocycles. The van der Waals surface area contributed by atoms with Crippen LogP contribution in [0.1, 0.15) is 23.5 Å². The number of aromatic hydroxyl groups is 1. The molecule has 0 spiro atoms. The zero-order valence-corrected chi connectivity index (χ0v) is 19.1. The van der Waals surface area contributed by atoms with Crippen molar-refractivity contribution in [2.24, 2.45) is 0 Å². The van der Waals surface area contributed by atoms with E-state index in [1.807, 2.05) is 46.0 Å². The van der Waals surface area contributed by atoms with Crippen LogP contribution < -0.4 is 10.2 Å². The van der Waals surface area contributed by atoms with Crippen LogP contribution in [-0.4, -0.2) is 24.7 Å². The van der Waals surface area contributed by atoms with Gasteiger partial charge in [-0.25, -0.2) is 0 Å². The van der Waals surface area contributed by atoms with Gasteiger partial charge in [0.25, 0.3) is 5.69 Å². The molecule has 0 saturated carbocycles. The summed E-state index contributed by atoms with van der Waals surface area (Å²) < 4.78 is 1.94. The number of nitrogens with zero attached hydrogens (tertiary/aromatic N) is 4. The minimum Gasteiger partial charge on any atom is -0.506 e. The number of nitrogens with one attached hydrogen (secondary N) is 1. The molecule has 2 N–H and O–H groups in total. The number of halogens is 1. The molecule has 2 aromatic heterocycles. The molecule has 0 unspecified atom stereocenters. The highest BCUT2D eigenvalue weighted by Gasteiger charge is 2.43. The summed E-state index contributed by atoms with van der Waals surface area (Å²) in [4.78, 5) is 17.0. The molecule has 8 nitrogen and oxygen atoms in total. The minimum absolute atomic E-state index is 0.0120. The van der Waals surface area contributed by atoms with E-state index < -0.39 is 11.0 Å². The lowest BCUT2D eigenvalue weighted by Gasteiger charge is -2.29. The van der Waals surface area contributed by atoms with Crippen molar-refractivity contribution in [3.63, 3.8) is 0 Å². The zero-order valence-electron chi connectivity index (χ0n) is 17.6. The largest absolute Gasteiger partial charge is 0.506 e. The quantitative estimate of drug-likeness (QED) is 0.221. The van der Waals surface area contributed by atoms with E-state index in [4.69, 9.17) is 23.8 Å². The SMILES string of the molecule is O=[N+]([O-])c1ccc(-n2cccc2[C@@H]2[C@@H](c3ccccn3)NC(=S)N2c2cc(Cl)ccc2O)cc1. The first-order valence-electron chi connectivity index (χ1n) is 10.4. The van der Waals surface area contributed by atoms with Crippen molar-refractivity contribution in [3.05, 3.63) is 112 Å². The molecule has 0 bridgehead atoms. The summed E-state index contributed by atoms with van der Waals surface area (Å²) >= 11 is 12.0. The number of phenols is 1. The normalized spacial score (nSPS) is 17.6. The molecule has 1 aliphatic rings. The maximum Gasteiger partial charge on any atom is 0.269 e. The topological polar surface area (TPSA) is 96.5 Å². The maximum atomic E-state index is 11.1. The number of aromatic nitrogens is 2.